The summed E-state index contributed by atoms with van der Waals surface area (Å²) in [5, 5.41) is 12.1. The molecule has 6 heteroatoms. The molecule has 182 valence electrons. The molecule has 2 aliphatic heterocycles. The highest BCUT2D eigenvalue weighted by atomic mass is 15.4. The first kappa shape index (κ1) is 24.1. The van der Waals surface area contributed by atoms with E-state index in [-0.39, 0.29) is 0 Å². The van der Waals surface area contributed by atoms with E-state index in [1.165, 1.54) is 36.0 Å². The summed E-state index contributed by atoms with van der Waals surface area (Å²) in [5.41, 5.74) is 9.57. The molecule has 1 saturated heterocycles. The van der Waals surface area contributed by atoms with Crippen LogP contribution in [0.2, 0.25) is 0 Å². The number of benzene rings is 2. The third-order valence-electron chi connectivity index (χ3n) is 7.10. The molecule has 0 bridgehead atoms. The molecule has 0 aromatic heterocycles. The summed E-state index contributed by atoms with van der Waals surface area (Å²) >= 11 is 0. The van der Waals surface area contributed by atoms with Gasteiger partial charge in [0.1, 0.15) is 0 Å². The van der Waals surface area contributed by atoms with Gasteiger partial charge in [-0.25, -0.2) is 0 Å². The second-order valence-corrected chi connectivity index (χ2v) is 9.63. The Morgan fingerprint density at radius 3 is 2.44 bits per heavy atom. The molecule has 4 rings (SSSR count). The number of nitrogens with two attached hydrogens (primary N) is 1. The van der Waals surface area contributed by atoms with Gasteiger partial charge >= 0.3 is 0 Å². The Morgan fingerprint density at radius 2 is 1.74 bits per heavy atom. The summed E-state index contributed by atoms with van der Waals surface area (Å²) < 4.78 is 0. The molecule has 2 aliphatic rings. The molecule has 4 N–H and O–H groups in total. The van der Waals surface area contributed by atoms with Crippen molar-refractivity contribution in [3.05, 3.63) is 60.2 Å². The molecule has 0 aliphatic carbocycles. The maximum absolute atomic E-state index is 8.87. The van der Waals surface area contributed by atoms with Crippen molar-refractivity contribution < 1.29 is 0 Å². The lowest BCUT2D eigenvalue weighted by Crippen LogP contribution is -2.37. The molecule has 2 heterocycles. The molecular weight excluding hydrogens is 420 g/mol. The fourth-order valence-electron chi connectivity index (χ4n) is 5.08. The average molecular weight is 461 g/mol. The van der Waals surface area contributed by atoms with Crippen LogP contribution in [0, 0.1) is 5.41 Å². The molecule has 0 amide bonds. The summed E-state index contributed by atoms with van der Waals surface area (Å²) in [4.78, 5) is 8.88. The van der Waals surface area contributed by atoms with Crippen molar-refractivity contribution in [3.63, 3.8) is 0 Å². The number of aliphatic imine (C=N–C) groups is 1. The highest BCUT2D eigenvalue weighted by Gasteiger charge is 2.33. The molecule has 2 aromatic rings. The van der Waals surface area contributed by atoms with E-state index in [0.29, 0.717) is 24.0 Å². The largest absolute Gasteiger partial charge is 0.370 e. The van der Waals surface area contributed by atoms with E-state index >= 15 is 0 Å². The van der Waals surface area contributed by atoms with Crippen LogP contribution in [0.3, 0.4) is 0 Å². The molecule has 2 aromatic carbocycles. The Kier molecular flexibility index (Phi) is 8.45. The smallest absolute Gasteiger partial charge is 0.194 e. The Hall–Kier alpha value is -3.02. The highest BCUT2D eigenvalue weighted by molar-refractivity contribution is 5.80. The van der Waals surface area contributed by atoms with E-state index in [1.54, 1.807) is 0 Å². The topological polar surface area (TPSA) is 80.7 Å². The summed E-state index contributed by atoms with van der Waals surface area (Å²) in [6, 6.07) is 20.3. The highest BCUT2D eigenvalue weighted by Crippen LogP contribution is 2.23. The van der Waals surface area contributed by atoms with E-state index in [4.69, 9.17) is 11.1 Å². The Labute approximate surface area is 204 Å². The molecule has 2 atom stereocenters. The second-order valence-electron chi connectivity index (χ2n) is 9.63. The van der Waals surface area contributed by atoms with Gasteiger partial charge in [0.25, 0.3) is 0 Å². The molecule has 6 nitrogen and oxygen atoms in total. The number of hydrogen-bond acceptors (Lipinski definition) is 4. The van der Waals surface area contributed by atoms with E-state index in [9.17, 15) is 0 Å². The minimum absolute atomic E-state index is 0.389. The lowest BCUT2D eigenvalue weighted by Gasteiger charge is -2.25. The first-order valence-electron chi connectivity index (χ1n) is 12.9. The van der Waals surface area contributed by atoms with E-state index < -0.39 is 0 Å². The summed E-state index contributed by atoms with van der Waals surface area (Å²) in [5.74, 6) is 1.30. The number of hydrogen-bond donors (Lipinski definition) is 3. The third-order valence-corrected chi connectivity index (χ3v) is 7.10. The molecule has 0 unspecified atom stereocenters. The molecule has 1 fully saturated rings. The van der Waals surface area contributed by atoms with Gasteiger partial charge in [0.05, 0.1) is 6.54 Å². The average Bonchev–Trinajstić information content (AvgIpc) is 3.42. The lowest BCUT2D eigenvalue weighted by atomic mass is 10.0. The number of rotatable bonds is 12. The predicted molar refractivity (Wildman–Crippen MR) is 142 cm³/mol. The molecule has 0 radical (unpaired) electrons. The van der Waals surface area contributed by atoms with Gasteiger partial charge in [-0.05, 0) is 48.8 Å². The van der Waals surface area contributed by atoms with Gasteiger partial charge in [0.2, 0.25) is 0 Å². The van der Waals surface area contributed by atoms with Gasteiger partial charge in [0.15, 0.2) is 11.9 Å². The van der Waals surface area contributed by atoms with Crippen LogP contribution in [0.4, 0.5) is 0 Å². The fourth-order valence-corrected chi connectivity index (χ4v) is 5.08. The van der Waals surface area contributed by atoms with Gasteiger partial charge in [-0.15, -0.1) is 0 Å². The van der Waals surface area contributed by atoms with Crippen LogP contribution in [-0.2, 0) is 6.42 Å². The molecule has 0 spiro atoms. The maximum Gasteiger partial charge on any atom is 0.194 e. The minimum Gasteiger partial charge on any atom is -0.370 e. The van der Waals surface area contributed by atoms with Gasteiger partial charge < -0.3 is 20.9 Å². The van der Waals surface area contributed by atoms with Gasteiger partial charge in [0, 0.05) is 31.7 Å². The fraction of sp³-hybridized carbons (Fsp3) is 0.500. The summed E-state index contributed by atoms with van der Waals surface area (Å²) in [6.45, 7) is 5.92. The maximum atomic E-state index is 8.87. The van der Waals surface area contributed by atoms with Crippen molar-refractivity contribution in [2.75, 3.05) is 26.2 Å². The van der Waals surface area contributed by atoms with Crippen molar-refractivity contribution in [2.45, 2.75) is 64.0 Å². The number of unbranched alkanes of at least 4 members (excludes halogenated alkanes) is 2. The van der Waals surface area contributed by atoms with Crippen LogP contribution in [0.25, 0.3) is 11.1 Å². The van der Waals surface area contributed by atoms with E-state index in [0.717, 1.165) is 51.9 Å². The van der Waals surface area contributed by atoms with Crippen LogP contribution < -0.4 is 11.1 Å². The molecule has 0 saturated carbocycles. The summed E-state index contributed by atoms with van der Waals surface area (Å²) in [7, 11) is 0. The van der Waals surface area contributed by atoms with Crippen molar-refractivity contribution in [3.8, 4) is 11.1 Å². The number of nitrogens with one attached hydrogen (secondary N) is 2. The Bertz CT molecular complexity index is 939. The van der Waals surface area contributed by atoms with Crippen molar-refractivity contribution in [1.29, 1.82) is 5.41 Å². The second kappa shape index (κ2) is 11.9. The van der Waals surface area contributed by atoms with Crippen LogP contribution in [-0.4, -0.2) is 60.0 Å². The monoisotopic (exact) mass is 460 g/mol. The van der Waals surface area contributed by atoms with Gasteiger partial charge in [-0.2, -0.15) is 0 Å². The normalized spacial score (nSPS) is 20.0. The van der Waals surface area contributed by atoms with Gasteiger partial charge in [-0.3, -0.25) is 10.4 Å². The number of guanidine groups is 2. The van der Waals surface area contributed by atoms with Crippen molar-refractivity contribution in [2.24, 2.45) is 10.7 Å². The third kappa shape index (κ3) is 6.31. The van der Waals surface area contributed by atoms with Crippen LogP contribution in [0.5, 0.6) is 0 Å². The van der Waals surface area contributed by atoms with Gasteiger partial charge in [-0.1, -0.05) is 74.4 Å². The van der Waals surface area contributed by atoms with E-state index in [1.807, 2.05) is 0 Å². The minimum atomic E-state index is 0.389. The van der Waals surface area contributed by atoms with E-state index in [2.05, 4.69) is 81.6 Å². The van der Waals surface area contributed by atoms with Crippen LogP contribution in [0.15, 0.2) is 59.6 Å². The predicted octanol–water partition coefficient (Wildman–Crippen LogP) is 4.46. The van der Waals surface area contributed by atoms with Crippen molar-refractivity contribution >= 4 is 11.9 Å². The first-order chi connectivity index (χ1) is 16.6. The zero-order valence-electron chi connectivity index (χ0n) is 20.5. The SMILES string of the molecule is CCCC[C@H]1CN(CCCC[C@H]2CN=C(N)N2)C(=N)N1CCc1ccc(-c2ccccc2)cc1. The zero-order chi connectivity index (χ0) is 23.8. The number of nitrogens with zero attached hydrogens (tertiary/aromatic N) is 3. The van der Waals surface area contributed by atoms with Crippen LogP contribution >= 0.6 is 0 Å². The Morgan fingerprint density at radius 1 is 0.971 bits per heavy atom. The summed E-state index contributed by atoms with van der Waals surface area (Å²) in [6.07, 6.45) is 7.91. The quantitative estimate of drug-likeness (QED) is 0.409. The Balaban J connectivity index is 1.28. The lowest BCUT2D eigenvalue weighted by molar-refractivity contribution is 0.319. The van der Waals surface area contributed by atoms with Crippen molar-refractivity contribution in [1.82, 2.24) is 15.1 Å². The first-order valence-corrected chi connectivity index (χ1v) is 12.9. The molecule has 34 heavy (non-hydrogen) atoms. The standard InChI is InChI=1S/C28H40N6/c1-2-3-12-26-21-33(18-8-7-11-25-20-31-27(29)32-25)28(30)34(26)19-17-22-13-15-24(16-14-22)23-9-5-4-6-10-23/h4-6,9-10,13-16,25-26,30H,2-3,7-8,11-12,17-21H2,1H3,(H3,29,31,32)/t25-,26-/m0/s1. The zero-order valence-corrected chi connectivity index (χ0v) is 20.5. The van der Waals surface area contributed by atoms with Crippen LogP contribution in [0.1, 0.15) is 51.0 Å². The molecular formula is C28H40N6.